The van der Waals surface area contributed by atoms with Gasteiger partial charge < -0.3 is 10.2 Å². The molecule has 1 aromatic carbocycles. The molecule has 2 aliphatic rings. The zero-order valence-electron chi connectivity index (χ0n) is 13.4. The molecule has 21 heavy (non-hydrogen) atoms. The largest absolute Gasteiger partial charge is 0.349 e. The minimum atomic E-state index is -0.476. The van der Waals surface area contributed by atoms with Crippen LogP contribution < -0.4 is 5.32 Å². The number of carbonyl (C=O) groups is 1. The molecule has 114 valence electrons. The van der Waals surface area contributed by atoms with Crippen LogP contribution >= 0.6 is 0 Å². The smallest absolute Gasteiger partial charge is 0.230 e. The van der Waals surface area contributed by atoms with Gasteiger partial charge >= 0.3 is 0 Å². The van der Waals surface area contributed by atoms with Crippen LogP contribution in [0.25, 0.3) is 0 Å². The number of nitrogens with zero attached hydrogens (tertiary/aromatic N) is 1. The Morgan fingerprint density at radius 2 is 2.05 bits per heavy atom. The average Bonchev–Trinajstić information content (AvgIpc) is 3.14. The molecular formula is C18H26N2O. The third kappa shape index (κ3) is 2.98. The Hall–Kier alpha value is -1.35. The number of amides is 1. The van der Waals surface area contributed by atoms with Gasteiger partial charge in [0.2, 0.25) is 5.91 Å². The maximum atomic E-state index is 12.8. The Morgan fingerprint density at radius 1 is 1.33 bits per heavy atom. The zero-order chi connectivity index (χ0) is 15.1. The number of benzene rings is 1. The lowest BCUT2D eigenvalue weighted by atomic mass is 9.82. The molecule has 1 N–H and O–H groups in total. The van der Waals surface area contributed by atoms with Crippen molar-refractivity contribution in [2.45, 2.75) is 51.0 Å². The standard InChI is InChI=1S/C18H26N2O/c1-14-6-4-7-15(12-14)17(2,3)16(21)19-18(8-9-18)13-20-10-5-11-20/h4,6-7,12H,5,8-11,13H2,1-3H3,(H,19,21). The second kappa shape index (κ2) is 5.13. The van der Waals surface area contributed by atoms with E-state index in [2.05, 4.69) is 35.3 Å². The van der Waals surface area contributed by atoms with E-state index in [1.54, 1.807) is 0 Å². The van der Waals surface area contributed by atoms with Crippen molar-refractivity contribution < 1.29 is 4.79 Å². The van der Waals surface area contributed by atoms with E-state index in [0.29, 0.717) is 0 Å². The van der Waals surface area contributed by atoms with Crippen molar-refractivity contribution in [2.75, 3.05) is 19.6 Å². The number of carbonyl (C=O) groups excluding carboxylic acids is 1. The maximum absolute atomic E-state index is 12.8. The van der Waals surface area contributed by atoms with Crippen LogP contribution in [0.5, 0.6) is 0 Å². The van der Waals surface area contributed by atoms with Gasteiger partial charge in [-0.05, 0) is 58.7 Å². The van der Waals surface area contributed by atoms with Gasteiger partial charge in [-0.25, -0.2) is 0 Å². The third-order valence-corrected chi connectivity index (χ3v) is 5.01. The molecule has 0 aromatic heterocycles. The fourth-order valence-electron chi connectivity index (χ4n) is 3.00. The van der Waals surface area contributed by atoms with E-state index in [1.807, 2.05) is 19.9 Å². The van der Waals surface area contributed by atoms with Gasteiger partial charge in [0.25, 0.3) is 0 Å². The number of hydrogen-bond donors (Lipinski definition) is 1. The van der Waals surface area contributed by atoms with Crippen LogP contribution in [0.1, 0.15) is 44.2 Å². The molecule has 1 saturated heterocycles. The summed E-state index contributed by atoms with van der Waals surface area (Å²) in [6, 6.07) is 8.28. The van der Waals surface area contributed by atoms with Gasteiger partial charge in [-0.1, -0.05) is 29.8 Å². The molecule has 2 fully saturated rings. The summed E-state index contributed by atoms with van der Waals surface area (Å²) < 4.78 is 0. The van der Waals surface area contributed by atoms with Gasteiger partial charge in [0.05, 0.1) is 11.0 Å². The van der Waals surface area contributed by atoms with E-state index in [4.69, 9.17) is 0 Å². The van der Waals surface area contributed by atoms with E-state index < -0.39 is 5.41 Å². The van der Waals surface area contributed by atoms with E-state index in [0.717, 1.165) is 24.9 Å². The summed E-state index contributed by atoms with van der Waals surface area (Å²) in [7, 11) is 0. The number of likely N-dealkylation sites (tertiary alicyclic amines) is 1. The van der Waals surface area contributed by atoms with Crippen molar-refractivity contribution in [1.29, 1.82) is 0 Å². The van der Waals surface area contributed by atoms with E-state index >= 15 is 0 Å². The van der Waals surface area contributed by atoms with Crippen LogP contribution in [-0.2, 0) is 10.2 Å². The average molecular weight is 286 g/mol. The zero-order valence-corrected chi connectivity index (χ0v) is 13.4. The van der Waals surface area contributed by atoms with Crippen molar-refractivity contribution in [3.8, 4) is 0 Å². The molecule has 3 nitrogen and oxygen atoms in total. The molecule has 0 atom stereocenters. The monoisotopic (exact) mass is 286 g/mol. The summed E-state index contributed by atoms with van der Waals surface area (Å²) in [5.41, 5.74) is 1.88. The molecule has 1 heterocycles. The molecule has 1 saturated carbocycles. The first-order valence-electron chi connectivity index (χ1n) is 8.03. The second-order valence-electron chi connectivity index (χ2n) is 7.36. The van der Waals surface area contributed by atoms with E-state index in [1.165, 1.54) is 25.1 Å². The van der Waals surface area contributed by atoms with Gasteiger partial charge in [-0.3, -0.25) is 4.79 Å². The topological polar surface area (TPSA) is 32.3 Å². The lowest BCUT2D eigenvalue weighted by Crippen LogP contribution is -2.53. The summed E-state index contributed by atoms with van der Waals surface area (Å²) in [6.45, 7) is 9.54. The minimum Gasteiger partial charge on any atom is -0.349 e. The van der Waals surface area contributed by atoms with Gasteiger partial charge in [0, 0.05) is 6.54 Å². The first kappa shape index (κ1) is 14.6. The molecule has 1 amide bonds. The van der Waals surface area contributed by atoms with E-state index in [-0.39, 0.29) is 11.4 Å². The lowest BCUT2D eigenvalue weighted by Gasteiger charge is -2.36. The molecular weight excluding hydrogens is 260 g/mol. The molecule has 1 aliphatic heterocycles. The fraction of sp³-hybridized carbons (Fsp3) is 0.611. The van der Waals surface area contributed by atoms with Crippen LogP contribution in [0.4, 0.5) is 0 Å². The van der Waals surface area contributed by atoms with Gasteiger partial charge in [-0.15, -0.1) is 0 Å². The Kier molecular flexibility index (Phi) is 3.56. The number of aryl methyl sites for hydroxylation is 1. The number of nitrogens with one attached hydrogen (secondary N) is 1. The Labute approximate surface area is 127 Å². The van der Waals surface area contributed by atoms with Crippen LogP contribution in [0.2, 0.25) is 0 Å². The highest BCUT2D eigenvalue weighted by molar-refractivity contribution is 5.88. The molecule has 0 bridgehead atoms. The highest BCUT2D eigenvalue weighted by atomic mass is 16.2. The predicted octanol–water partition coefficient (Wildman–Crippen LogP) is 2.63. The highest BCUT2D eigenvalue weighted by Crippen LogP contribution is 2.38. The lowest BCUT2D eigenvalue weighted by molar-refractivity contribution is -0.126. The summed E-state index contributed by atoms with van der Waals surface area (Å²) in [5, 5.41) is 3.34. The Morgan fingerprint density at radius 3 is 2.57 bits per heavy atom. The fourth-order valence-corrected chi connectivity index (χ4v) is 3.00. The molecule has 3 rings (SSSR count). The first-order chi connectivity index (χ1) is 9.91. The van der Waals surface area contributed by atoms with Crippen molar-refractivity contribution >= 4 is 5.91 Å². The maximum Gasteiger partial charge on any atom is 0.230 e. The van der Waals surface area contributed by atoms with Crippen molar-refractivity contribution in [3.05, 3.63) is 35.4 Å². The van der Waals surface area contributed by atoms with Crippen LogP contribution in [0.3, 0.4) is 0 Å². The molecule has 0 spiro atoms. The summed E-state index contributed by atoms with van der Waals surface area (Å²) in [6.07, 6.45) is 3.55. The van der Waals surface area contributed by atoms with Crippen molar-refractivity contribution in [1.82, 2.24) is 10.2 Å². The van der Waals surface area contributed by atoms with Crippen molar-refractivity contribution in [2.24, 2.45) is 0 Å². The van der Waals surface area contributed by atoms with Crippen LogP contribution in [0.15, 0.2) is 24.3 Å². The highest BCUT2D eigenvalue weighted by Gasteiger charge is 2.48. The normalized spacial score (nSPS) is 20.7. The Bertz CT molecular complexity index is 542. The third-order valence-electron chi connectivity index (χ3n) is 5.01. The second-order valence-corrected chi connectivity index (χ2v) is 7.36. The van der Waals surface area contributed by atoms with Crippen LogP contribution in [0, 0.1) is 6.92 Å². The van der Waals surface area contributed by atoms with Gasteiger partial charge in [0.15, 0.2) is 0 Å². The molecule has 0 radical (unpaired) electrons. The number of rotatable bonds is 5. The first-order valence-corrected chi connectivity index (χ1v) is 8.03. The number of hydrogen-bond acceptors (Lipinski definition) is 2. The molecule has 1 aliphatic carbocycles. The SMILES string of the molecule is Cc1cccc(C(C)(C)C(=O)NC2(CN3CCC3)CC2)c1. The predicted molar refractivity (Wildman–Crippen MR) is 85.4 cm³/mol. The van der Waals surface area contributed by atoms with Crippen LogP contribution in [-0.4, -0.2) is 36.0 Å². The molecule has 0 unspecified atom stereocenters. The molecule has 3 heteroatoms. The quantitative estimate of drug-likeness (QED) is 0.902. The summed E-state index contributed by atoms with van der Waals surface area (Å²) >= 11 is 0. The van der Waals surface area contributed by atoms with Gasteiger partial charge in [0.1, 0.15) is 0 Å². The van der Waals surface area contributed by atoms with Gasteiger partial charge in [-0.2, -0.15) is 0 Å². The molecule has 1 aromatic rings. The Balaban J connectivity index is 1.69. The van der Waals surface area contributed by atoms with E-state index in [9.17, 15) is 4.79 Å². The summed E-state index contributed by atoms with van der Waals surface area (Å²) in [4.78, 5) is 15.2. The minimum absolute atomic E-state index is 0.0542. The summed E-state index contributed by atoms with van der Waals surface area (Å²) in [5.74, 6) is 0.158. The van der Waals surface area contributed by atoms with Crippen molar-refractivity contribution in [3.63, 3.8) is 0 Å².